The van der Waals surface area contributed by atoms with Gasteiger partial charge in [-0.05, 0) is 60.5 Å². The van der Waals surface area contributed by atoms with Gasteiger partial charge in [0.2, 0.25) is 5.91 Å². The molecule has 0 radical (unpaired) electrons. The summed E-state index contributed by atoms with van der Waals surface area (Å²) in [5.41, 5.74) is 4.25. The van der Waals surface area contributed by atoms with Crippen molar-refractivity contribution in [2.24, 2.45) is 5.10 Å². The molecule has 2 N–H and O–H groups in total. The Morgan fingerprint density at radius 1 is 0.812 bits per heavy atom. The molecule has 0 fully saturated rings. The van der Waals surface area contributed by atoms with E-state index in [4.69, 9.17) is 4.74 Å². The quantitative estimate of drug-likeness (QED) is 0.179. The summed E-state index contributed by atoms with van der Waals surface area (Å²) in [6.07, 6.45) is 2.24. The number of benzene rings is 3. The maximum Gasteiger partial charge on any atom is 0.343 e. The summed E-state index contributed by atoms with van der Waals surface area (Å²) >= 11 is 0. The molecule has 2 amide bonds. The van der Waals surface area contributed by atoms with Crippen LogP contribution >= 0.6 is 0 Å². The van der Waals surface area contributed by atoms with Gasteiger partial charge in [0.15, 0.2) is 0 Å². The molecule has 162 valence electrons. The smallest absolute Gasteiger partial charge is 0.343 e. The molecule has 7 heteroatoms. The molecule has 0 unspecified atom stereocenters. The molecule has 0 aliphatic heterocycles. The number of hydrogen-bond donors (Lipinski definition) is 2. The van der Waals surface area contributed by atoms with Crippen molar-refractivity contribution < 1.29 is 19.1 Å². The number of nitrogens with one attached hydrogen (secondary N) is 2. The van der Waals surface area contributed by atoms with Crippen LogP contribution in [0.5, 0.6) is 5.75 Å². The zero-order chi connectivity index (χ0) is 22.6. The molecule has 0 saturated heterocycles. The summed E-state index contributed by atoms with van der Waals surface area (Å²) in [4.78, 5) is 35.8. The van der Waals surface area contributed by atoms with E-state index in [1.165, 1.54) is 6.21 Å². The van der Waals surface area contributed by atoms with Crippen molar-refractivity contribution in [3.05, 3.63) is 102 Å². The fourth-order valence-corrected chi connectivity index (χ4v) is 2.74. The number of amides is 2. The predicted molar refractivity (Wildman–Crippen MR) is 122 cm³/mol. The molecule has 0 heterocycles. The zero-order valence-corrected chi connectivity index (χ0v) is 17.4. The van der Waals surface area contributed by atoms with Crippen molar-refractivity contribution in [2.45, 2.75) is 12.8 Å². The van der Waals surface area contributed by atoms with E-state index in [0.717, 1.165) is 5.56 Å². The third-order valence-corrected chi connectivity index (χ3v) is 4.41. The molecule has 3 rings (SSSR count). The number of rotatable bonds is 9. The molecule has 3 aromatic carbocycles. The minimum atomic E-state index is -0.431. The first-order chi connectivity index (χ1) is 15.6. The van der Waals surface area contributed by atoms with Crippen LogP contribution < -0.4 is 15.5 Å². The Morgan fingerprint density at radius 3 is 2.09 bits per heavy atom. The van der Waals surface area contributed by atoms with E-state index < -0.39 is 5.97 Å². The average molecular weight is 429 g/mol. The van der Waals surface area contributed by atoms with E-state index in [0.29, 0.717) is 29.8 Å². The fraction of sp³-hybridized carbons (Fsp3) is 0.120. The molecule has 0 spiro atoms. The number of hydrazone groups is 1. The Bertz CT molecular complexity index is 1070. The lowest BCUT2D eigenvalue weighted by Gasteiger charge is -2.05. The van der Waals surface area contributed by atoms with Crippen molar-refractivity contribution in [1.29, 1.82) is 0 Å². The lowest BCUT2D eigenvalue weighted by molar-refractivity contribution is -0.121. The summed E-state index contributed by atoms with van der Waals surface area (Å²) in [5, 5.41) is 6.69. The first-order valence-electron chi connectivity index (χ1n) is 10.1. The first-order valence-corrected chi connectivity index (χ1v) is 10.1. The fourth-order valence-electron chi connectivity index (χ4n) is 2.74. The number of nitrogens with zero attached hydrogens (tertiary/aromatic N) is 1. The maximum absolute atomic E-state index is 12.0. The Kier molecular flexibility index (Phi) is 8.27. The molecule has 0 atom stereocenters. The number of esters is 1. The molecule has 3 aromatic rings. The Balaban J connectivity index is 1.35. The van der Waals surface area contributed by atoms with E-state index in [9.17, 15) is 14.4 Å². The van der Waals surface area contributed by atoms with E-state index in [2.05, 4.69) is 15.8 Å². The van der Waals surface area contributed by atoms with Gasteiger partial charge in [0.1, 0.15) is 5.75 Å². The van der Waals surface area contributed by atoms with Gasteiger partial charge in [-0.2, -0.15) is 5.10 Å². The van der Waals surface area contributed by atoms with E-state index in [-0.39, 0.29) is 18.2 Å². The van der Waals surface area contributed by atoms with E-state index in [1.807, 2.05) is 12.1 Å². The molecule has 0 aromatic heterocycles. The minimum absolute atomic E-state index is 0.165. The van der Waals surface area contributed by atoms with Crippen LogP contribution in [0.3, 0.4) is 0 Å². The van der Waals surface area contributed by atoms with Crippen LogP contribution in [-0.2, 0) is 4.79 Å². The monoisotopic (exact) mass is 429 g/mol. The Morgan fingerprint density at radius 2 is 1.44 bits per heavy atom. The van der Waals surface area contributed by atoms with Gasteiger partial charge in [-0.3, -0.25) is 9.59 Å². The van der Waals surface area contributed by atoms with Gasteiger partial charge in [0.05, 0.1) is 11.8 Å². The molecular formula is C25H23N3O4. The molecule has 7 nitrogen and oxygen atoms in total. The lowest BCUT2D eigenvalue weighted by Crippen LogP contribution is -2.26. The van der Waals surface area contributed by atoms with E-state index in [1.54, 1.807) is 72.8 Å². The van der Waals surface area contributed by atoms with Gasteiger partial charge in [0, 0.05) is 18.5 Å². The van der Waals surface area contributed by atoms with Crippen LogP contribution in [0.1, 0.15) is 39.1 Å². The number of hydrogen-bond acceptors (Lipinski definition) is 5. The topological polar surface area (TPSA) is 96.9 Å². The Labute approximate surface area is 186 Å². The van der Waals surface area contributed by atoms with Crippen molar-refractivity contribution in [3.63, 3.8) is 0 Å². The van der Waals surface area contributed by atoms with Crippen LogP contribution in [0.15, 0.2) is 90.0 Å². The van der Waals surface area contributed by atoms with Crippen LogP contribution in [0.4, 0.5) is 0 Å². The second-order valence-corrected chi connectivity index (χ2v) is 6.84. The van der Waals surface area contributed by atoms with Gasteiger partial charge in [-0.15, -0.1) is 0 Å². The Hall–Kier alpha value is -4.26. The summed E-state index contributed by atoms with van der Waals surface area (Å²) in [7, 11) is 0. The summed E-state index contributed by atoms with van der Waals surface area (Å²) < 4.78 is 5.31. The minimum Gasteiger partial charge on any atom is -0.423 e. The predicted octanol–water partition coefficient (Wildman–Crippen LogP) is 3.57. The molecule has 32 heavy (non-hydrogen) atoms. The molecule has 0 bridgehead atoms. The molecular weight excluding hydrogens is 406 g/mol. The first kappa shape index (κ1) is 22.4. The van der Waals surface area contributed by atoms with Crippen LogP contribution in [0.25, 0.3) is 0 Å². The molecule has 0 aliphatic rings. The summed E-state index contributed by atoms with van der Waals surface area (Å²) in [6, 6.07) is 24.4. The van der Waals surface area contributed by atoms with Gasteiger partial charge in [-0.1, -0.05) is 36.4 Å². The summed E-state index contributed by atoms with van der Waals surface area (Å²) in [5.74, 6) is -0.428. The van der Waals surface area contributed by atoms with Crippen LogP contribution in [0.2, 0.25) is 0 Å². The van der Waals surface area contributed by atoms with Crippen LogP contribution in [-0.4, -0.2) is 30.5 Å². The second kappa shape index (κ2) is 11.8. The van der Waals surface area contributed by atoms with Gasteiger partial charge in [0.25, 0.3) is 5.91 Å². The van der Waals surface area contributed by atoms with E-state index >= 15 is 0 Å². The van der Waals surface area contributed by atoms with Crippen molar-refractivity contribution in [2.75, 3.05) is 6.54 Å². The van der Waals surface area contributed by atoms with Gasteiger partial charge >= 0.3 is 5.97 Å². The van der Waals surface area contributed by atoms with Crippen molar-refractivity contribution in [3.8, 4) is 5.75 Å². The highest BCUT2D eigenvalue weighted by Crippen LogP contribution is 2.13. The lowest BCUT2D eigenvalue weighted by atomic mass is 10.2. The highest BCUT2D eigenvalue weighted by Gasteiger charge is 2.07. The molecule has 0 aliphatic carbocycles. The van der Waals surface area contributed by atoms with Gasteiger partial charge < -0.3 is 10.1 Å². The SMILES string of the molecule is O=C(CCCNC(=O)c1ccccc1)NN=Cc1ccc(OC(=O)c2ccccc2)cc1. The van der Waals surface area contributed by atoms with Crippen molar-refractivity contribution in [1.82, 2.24) is 10.7 Å². The maximum atomic E-state index is 12.0. The van der Waals surface area contributed by atoms with Crippen molar-refractivity contribution >= 4 is 24.0 Å². The summed E-state index contributed by atoms with van der Waals surface area (Å²) in [6.45, 7) is 0.397. The second-order valence-electron chi connectivity index (χ2n) is 6.84. The largest absolute Gasteiger partial charge is 0.423 e. The number of carbonyl (C=O) groups excluding carboxylic acids is 3. The third-order valence-electron chi connectivity index (χ3n) is 4.41. The zero-order valence-electron chi connectivity index (χ0n) is 17.4. The standard InChI is InChI=1S/C25H23N3O4/c29-23(12-7-17-26-24(30)20-8-3-1-4-9-20)28-27-18-19-13-15-22(16-14-19)32-25(31)21-10-5-2-6-11-21/h1-6,8-11,13-16,18H,7,12,17H2,(H,26,30)(H,28,29). The average Bonchev–Trinajstić information content (AvgIpc) is 2.84. The normalized spacial score (nSPS) is 10.5. The highest BCUT2D eigenvalue weighted by atomic mass is 16.5. The number of ether oxygens (including phenoxy) is 1. The molecule has 0 saturated carbocycles. The third kappa shape index (κ3) is 7.21. The number of carbonyl (C=O) groups is 3. The highest BCUT2D eigenvalue weighted by molar-refractivity contribution is 5.94. The van der Waals surface area contributed by atoms with Crippen LogP contribution in [0, 0.1) is 0 Å². The van der Waals surface area contributed by atoms with Gasteiger partial charge in [-0.25, -0.2) is 10.2 Å².